The summed E-state index contributed by atoms with van der Waals surface area (Å²) in [7, 11) is -3.78. The van der Waals surface area contributed by atoms with Crippen LogP contribution in [0.1, 0.15) is 46.5 Å². The Labute approximate surface area is 138 Å². The fourth-order valence-electron chi connectivity index (χ4n) is 1.99. The van der Waals surface area contributed by atoms with E-state index in [1.807, 2.05) is 0 Å². The van der Waals surface area contributed by atoms with Crippen molar-refractivity contribution in [1.29, 1.82) is 0 Å². The zero-order valence-electron chi connectivity index (χ0n) is 14.1. The van der Waals surface area contributed by atoms with Gasteiger partial charge in [0.05, 0.1) is 16.3 Å². The molecule has 0 aliphatic heterocycles. The van der Waals surface area contributed by atoms with Gasteiger partial charge in [-0.25, -0.2) is 13.6 Å². The summed E-state index contributed by atoms with van der Waals surface area (Å²) in [4.78, 5) is 12.0. The topological polar surface area (TPSA) is 101 Å². The van der Waals surface area contributed by atoms with E-state index in [4.69, 9.17) is 5.14 Å². The van der Waals surface area contributed by atoms with Gasteiger partial charge in [-0.2, -0.15) is 0 Å². The molecule has 0 unspecified atom stereocenters. The fourth-order valence-corrected chi connectivity index (χ4v) is 2.53. The molecule has 1 rings (SSSR count). The van der Waals surface area contributed by atoms with Crippen molar-refractivity contribution in [3.8, 4) is 0 Å². The molecule has 0 fully saturated rings. The average molecular weight is 341 g/mol. The monoisotopic (exact) mass is 341 g/mol. The number of sulfonamides is 1. The second kappa shape index (κ2) is 8.88. The number of carbonyl (C=O) groups is 1. The number of nitrogens with two attached hydrogens (primary N) is 1. The Hall–Kier alpha value is -1.60. The molecule has 0 atom stereocenters. The van der Waals surface area contributed by atoms with E-state index >= 15 is 0 Å². The van der Waals surface area contributed by atoms with Gasteiger partial charge in [-0.1, -0.05) is 27.2 Å². The molecule has 0 spiro atoms. The highest BCUT2D eigenvalue weighted by Crippen LogP contribution is 2.25. The van der Waals surface area contributed by atoms with Crippen LogP contribution < -0.4 is 15.8 Å². The second-order valence-corrected chi connectivity index (χ2v) is 7.57. The number of hydrogen-bond acceptors (Lipinski definition) is 4. The molecular weight excluding hydrogens is 314 g/mol. The van der Waals surface area contributed by atoms with Crippen LogP contribution in [-0.4, -0.2) is 20.9 Å². The molecule has 4 N–H and O–H groups in total. The maximum Gasteiger partial charge on any atom is 0.238 e. The first-order valence-corrected chi connectivity index (χ1v) is 9.49. The van der Waals surface area contributed by atoms with Gasteiger partial charge in [0.25, 0.3) is 0 Å². The van der Waals surface area contributed by atoms with E-state index < -0.39 is 10.0 Å². The molecule has 1 aromatic carbocycles. The fraction of sp³-hybridized carbons (Fsp3) is 0.562. The Morgan fingerprint density at radius 2 is 1.96 bits per heavy atom. The molecule has 0 saturated heterocycles. The van der Waals surface area contributed by atoms with E-state index in [0.29, 0.717) is 30.3 Å². The number of benzene rings is 1. The van der Waals surface area contributed by atoms with Crippen molar-refractivity contribution < 1.29 is 13.2 Å². The van der Waals surface area contributed by atoms with Crippen molar-refractivity contribution in [2.45, 2.75) is 51.3 Å². The number of amides is 1. The Balaban J connectivity index is 2.93. The maximum absolute atomic E-state index is 12.0. The second-order valence-electron chi connectivity index (χ2n) is 6.01. The Morgan fingerprint density at radius 1 is 1.26 bits per heavy atom. The number of carbonyl (C=O) groups excluding carboxylic acids is 1. The van der Waals surface area contributed by atoms with Gasteiger partial charge in [0.2, 0.25) is 15.9 Å². The zero-order valence-corrected chi connectivity index (χ0v) is 14.9. The van der Waals surface area contributed by atoms with Crippen molar-refractivity contribution in [3.05, 3.63) is 18.2 Å². The van der Waals surface area contributed by atoms with Gasteiger partial charge in [-0.15, -0.1) is 0 Å². The lowest BCUT2D eigenvalue weighted by molar-refractivity contribution is -0.116. The van der Waals surface area contributed by atoms with Gasteiger partial charge in [0.1, 0.15) is 0 Å². The lowest BCUT2D eigenvalue weighted by Crippen LogP contribution is -2.16. The molecule has 1 aromatic rings. The van der Waals surface area contributed by atoms with E-state index in [1.165, 1.54) is 12.1 Å². The van der Waals surface area contributed by atoms with Gasteiger partial charge in [-0.05, 0) is 37.0 Å². The van der Waals surface area contributed by atoms with Crippen molar-refractivity contribution in [1.82, 2.24) is 0 Å². The third-order valence-corrected chi connectivity index (χ3v) is 4.30. The molecule has 0 bridgehead atoms. The van der Waals surface area contributed by atoms with Crippen molar-refractivity contribution in [2.24, 2.45) is 11.1 Å². The van der Waals surface area contributed by atoms with E-state index in [2.05, 4.69) is 31.4 Å². The van der Waals surface area contributed by atoms with Crippen molar-refractivity contribution in [3.63, 3.8) is 0 Å². The number of rotatable bonds is 9. The smallest absolute Gasteiger partial charge is 0.238 e. The van der Waals surface area contributed by atoms with Crippen LogP contribution in [0, 0.1) is 5.92 Å². The van der Waals surface area contributed by atoms with Gasteiger partial charge in [-0.3, -0.25) is 4.79 Å². The Kier molecular flexibility index (Phi) is 7.51. The first kappa shape index (κ1) is 19.4. The molecule has 0 saturated carbocycles. The van der Waals surface area contributed by atoms with Crippen LogP contribution in [0.15, 0.2) is 23.1 Å². The summed E-state index contributed by atoms with van der Waals surface area (Å²) >= 11 is 0. The summed E-state index contributed by atoms with van der Waals surface area (Å²) in [6.45, 7) is 6.88. The SMILES string of the molecule is CCCCNc1cc(S(N)(=O)=O)ccc1NC(=O)CCC(C)C. The molecule has 0 aliphatic carbocycles. The molecule has 130 valence electrons. The molecule has 0 aromatic heterocycles. The number of nitrogens with one attached hydrogen (secondary N) is 2. The standard InChI is InChI=1S/C16H27N3O3S/c1-4-5-10-18-15-11-13(23(17,21)22)7-8-14(15)19-16(20)9-6-12(2)3/h7-8,11-12,18H,4-6,9-10H2,1-3H3,(H,19,20)(H2,17,21,22). The quantitative estimate of drug-likeness (QED) is 0.601. The van der Waals surface area contributed by atoms with Crippen molar-refractivity contribution in [2.75, 3.05) is 17.2 Å². The Bertz CT molecular complexity index is 627. The lowest BCUT2D eigenvalue weighted by atomic mass is 10.1. The molecule has 6 nitrogen and oxygen atoms in total. The highest BCUT2D eigenvalue weighted by Gasteiger charge is 2.13. The van der Waals surface area contributed by atoms with Gasteiger partial charge in [0.15, 0.2) is 0 Å². The molecule has 0 radical (unpaired) electrons. The van der Waals surface area contributed by atoms with Crippen LogP contribution in [0.3, 0.4) is 0 Å². The van der Waals surface area contributed by atoms with Gasteiger partial charge in [0, 0.05) is 13.0 Å². The van der Waals surface area contributed by atoms with Crippen LogP contribution in [0.5, 0.6) is 0 Å². The molecule has 7 heteroatoms. The number of anilines is 2. The first-order chi connectivity index (χ1) is 10.7. The molecular formula is C16H27N3O3S. The summed E-state index contributed by atoms with van der Waals surface area (Å²) in [5.41, 5.74) is 1.14. The molecule has 0 heterocycles. The van der Waals surface area contributed by atoms with Gasteiger partial charge < -0.3 is 10.6 Å². The predicted octanol–water partition coefficient (Wildman–Crippen LogP) is 2.92. The average Bonchev–Trinajstić information content (AvgIpc) is 2.45. The van der Waals surface area contributed by atoms with Gasteiger partial charge >= 0.3 is 0 Å². The van der Waals surface area contributed by atoms with E-state index in [9.17, 15) is 13.2 Å². The zero-order chi connectivity index (χ0) is 17.5. The van der Waals surface area contributed by atoms with Crippen LogP contribution in [0.25, 0.3) is 0 Å². The number of primary sulfonamides is 1. The third kappa shape index (κ3) is 7.00. The minimum absolute atomic E-state index is 0.0247. The lowest BCUT2D eigenvalue weighted by Gasteiger charge is -2.14. The maximum atomic E-state index is 12.0. The molecule has 23 heavy (non-hydrogen) atoms. The van der Waals surface area contributed by atoms with Crippen LogP contribution >= 0.6 is 0 Å². The van der Waals surface area contributed by atoms with E-state index in [-0.39, 0.29) is 10.8 Å². The normalized spacial score (nSPS) is 11.5. The number of hydrogen-bond donors (Lipinski definition) is 3. The van der Waals surface area contributed by atoms with Crippen LogP contribution in [0.2, 0.25) is 0 Å². The summed E-state index contributed by atoms with van der Waals surface area (Å²) in [5, 5.41) is 11.2. The minimum atomic E-state index is -3.78. The highest BCUT2D eigenvalue weighted by molar-refractivity contribution is 7.89. The summed E-state index contributed by atoms with van der Waals surface area (Å²) in [5.74, 6) is 0.369. The number of unbranched alkanes of at least 4 members (excludes halogenated alkanes) is 1. The van der Waals surface area contributed by atoms with E-state index in [0.717, 1.165) is 19.3 Å². The first-order valence-electron chi connectivity index (χ1n) is 7.94. The summed E-state index contributed by atoms with van der Waals surface area (Å²) in [6.07, 6.45) is 3.20. The molecule has 1 amide bonds. The summed E-state index contributed by atoms with van der Waals surface area (Å²) < 4.78 is 23.0. The predicted molar refractivity (Wildman–Crippen MR) is 93.9 cm³/mol. The molecule has 0 aliphatic rings. The largest absolute Gasteiger partial charge is 0.383 e. The third-order valence-electron chi connectivity index (χ3n) is 3.39. The Morgan fingerprint density at radius 3 is 2.52 bits per heavy atom. The van der Waals surface area contributed by atoms with Crippen molar-refractivity contribution >= 4 is 27.3 Å². The van der Waals surface area contributed by atoms with E-state index in [1.54, 1.807) is 6.07 Å². The minimum Gasteiger partial charge on any atom is -0.383 e. The highest BCUT2D eigenvalue weighted by atomic mass is 32.2. The van der Waals surface area contributed by atoms with Crippen LogP contribution in [0.4, 0.5) is 11.4 Å². The summed E-state index contributed by atoms with van der Waals surface area (Å²) in [6, 6.07) is 4.43. The van der Waals surface area contributed by atoms with Crippen LogP contribution in [-0.2, 0) is 14.8 Å².